The van der Waals surface area contributed by atoms with Crippen LogP contribution >= 0.6 is 12.2 Å². The van der Waals surface area contributed by atoms with Crippen LogP contribution in [0.3, 0.4) is 0 Å². The maximum atomic E-state index is 4.61. The Morgan fingerprint density at radius 3 is 2.57 bits per heavy atom. The molecule has 34 valence electrons. The van der Waals surface area contributed by atoms with Crippen LogP contribution in [0.15, 0.2) is 16.7 Å². The fraction of sp³-hybridized carbons (Fsp3) is 0. The van der Waals surface area contributed by atoms with Crippen molar-refractivity contribution in [3.8, 4) is 0 Å². The van der Waals surface area contributed by atoms with Crippen molar-refractivity contribution in [2.24, 2.45) is 4.40 Å². The van der Waals surface area contributed by atoms with Gasteiger partial charge in [0.1, 0.15) is 6.26 Å². The first-order valence-corrected chi connectivity index (χ1v) is 2.21. The fourth-order valence-corrected chi connectivity index (χ4v) is 0.460. The molecule has 0 radical (unpaired) electrons. The normalized spacial score (nSPS) is 14.9. The summed E-state index contributed by atoms with van der Waals surface area (Å²) in [6.07, 6.45) is 4.99. The van der Waals surface area contributed by atoms with E-state index < -0.39 is 0 Å². The Kier molecular flexibility index (Phi) is 5.09. The summed E-state index contributed by atoms with van der Waals surface area (Å²) in [5.41, 5.74) is 0. The third-order valence-corrected chi connectivity index (χ3v) is 0.772. The molecule has 1 aliphatic heterocycles. The van der Waals surface area contributed by atoms with E-state index in [-0.39, 0.29) is 29.6 Å². The van der Waals surface area contributed by atoms with Crippen molar-refractivity contribution in [3.05, 3.63) is 12.3 Å². The van der Waals surface area contributed by atoms with Gasteiger partial charge in [0.25, 0.3) is 0 Å². The second-order valence-corrected chi connectivity index (χ2v) is 1.31. The van der Waals surface area contributed by atoms with Crippen LogP contribution in [-0.2, 0) is 4.18 Å². The molecule has 4 heteroatoms. The van der Waals surface area contributed by atoms with Gasteiger partial charge in [0.2, 0.25) is 12.2 Å². The van der Waals surface area contributed by atoms with E-state index in [1.54, 1.807) is 18.6 Å². The summed E-state index contributed by atoms with van der Waals surface area (Å²) in [7, 11) is 0. The molecule has 0 spiro atoms. The Balaban J connectivity index is 0.000000360. The zero-order chi connectivity index (χ0) is 4.24. The van der Waals surface area contributed by atoms with Crippen molar-refractivity contribution < 1.29 is 4.18 Å². The molecule has 1 heterocycles. The van der Waals surface area contributed by atoms with Gasteiger partial charge in [0, 0.05) is 6.21 Å². The summed E-state index contributed by atoms with van der Waals surface area (Å²) >= 11 is 1.08. The second kappa shape index (κ2) is 4.71. The first-order valence-electron chi connectivity index (χ1n) is 1.51. The van der Waals surface area contributed by atoms with Crippen molar-refractivity contribution in [1.82, 2.24) is 0 Å². The molecule has 0 fully saturated rings. The van der Waals surface area contributed by atoms with E-state index in [2.05, 4.69) is 8.58 Å². The second-order valence-electron chi connectivity index (χ2n) is 0.754. The molecule has 0 aliphatic carbocycles. The van der Waals surface area contributed by atoms with Gasteiger partial charge in [0.05, 0.1) is 0 Å². The SMILES string of the molecule is C1=COSN=C1.[NaH]. The van der Waals surface area contributed by atoms with E-state index in [0.29, 0.717) is 0 Å². The molecule has 0 aromatic rings. The van der Waals surface area contributed by atoms with Gasteiger partial charge < -0.3 is 4.18 Å². The van der Waals surface area contributed by atoms with E-state index >= 15 is 0 Å². The van der Waals surface area contributed by atoms with Crippen LogP contribution < -0.4 is 0 Å². The van der Waals surface area contributed by atoms with Crippen LogP contribution in [-0.4, -0.2) is 35.8 Å². The molecule has 0 unspecified atom stereocenters. The van der Waals surface area contributed by atoms with E-state index in [1.807, 2.05) is 0 Å². The standard InChI is InChI=1S/C3H3NOS.Na.H/c1-2-4-6-5-3-1;;/h1-3H;;. The van der Waals surface area contributed by atoms with Crippen LogP contribution in [0.2, 0.25) is 0 Å². The number of allylic oxidation sites excluding steroid dienone is 1. The summed E-state index contributed by atoms with van der Waals surface area (Å²) in [4.78, 5) is 0. The Labute approximate surface area is 68.7 Å². The zero-order valence-corrected chi connectivity index (χ0v) is 3.81. The first kappa shape index (κ1) is 7.56. The Bertz CT molecular complexity index is 80.9. The average molecular weight is 125 g/mol. The quantitative estimate of drug-likeness (QED) is 0.267. The minimum absolute atomic E-state index is 0. The minimum atomic E-state index is 0. The molecule has 0 saturated carbocycles. The van der Waals surface area contributed by atoms with Gasteiger partial charge in [0.15, 0.2) is 0 Å². The first-order chi connectivity index (χ1) is 3.00. The summed E-state index contributed by atoms with van der Waals surface area (Å²) in [5, 5.41) is 0. The molecular weight excluding hydrogens is 121 g/mol. The van der Waals surface area contributed by atoms with Crippen molar-refractivity contribution >= 4 is 48.0 Å². The molecule has 7 heavy (non-hydrogen) atoms. The topological polar surface area (TPSA) is 21.6 Å². The fourth-order valence-electron chi connectivity index (χ4n) is 0.177. The molecule has 0 amide bonds. The molecule has 0 aromatic heterocycles. The summed E-state index contributed by atoms with van der Waals surface area (Å²) < 4.78 is 8.27. The summed E-state index contributed by atoms with van der Waals surface area (Å²) in [6, 6.07) is 0. The van der Waals surface area contributed by atoms with Crippen molar-refractivity contribution in [3.63, 3.8) is 0 Å². The van der Waals surface area contributed by atoms with Crippen molar-refractivity contribution in [2.75, 3.05) is 0 Å². The average Bonchev–Trinajstić information content (AvgIpc) is 1.72. The summed E-state index contributed by atoms with van der Waals surface area (Å²) in [6.45, 7) is 0. The molecule has 0 saturated heterocycles. The molecule has 1 rings (SSSR count). The molecule has 0 atom stereocenters. The number of rotatable bonds is 0. The van der Waals surface area contributed by atoms with E-state index in [1.165, 1.54) is 0 Å². The van der Waals surface area contributed by atoms with Crippen LogP contribution in [0.25, 0.3) is 0 Å². The maximum absolute atomic E-state index is 4.61. The van der Waals surface area contributed by atoms with Crippen molar-refractivity contribution in [1.29, 1.82) is 0 Å². The van der Waals surface area contributed by atoms with E-state index in [4.69, 9.17) is 0 Å². The number of nitrogens with zero attached hydrogens (tertiary/aromatic N) is 1. The number of hydrogen-bond acceptors (Lipinski definition) is 3. The van der Waals surface area contributed by atoms with Gasteiger partial charge in [-0.3, -0.25) is 0 Å². The molecular formula is C3H4NNaOS. The van der Waals surface area contributed by atoms with Crippen LogP contribution in [0.4, 0.5) is 0 Å². The predicted octanol–water partition coefficient (Wildman–Crippen LogP) is 0.516. The van der Waals surface area contributed by atoms with Crippen LogP contribution in [0.1, 0.15) is 0 Å². The Morgan fingerprint density at radius 1 is 1.57 bits per heavy atom. The van der Waals surface area contributed by atoms with Gasteiger partial charge in [-0.25, -0.2) is 0 Å². The van der Waals surface area contributed by atoms with E-state index in [9.17, 15) is 0 Å². The van der Waals surface area contributed by atoms with Gasteiger partial charge in [-0.05, 0) is 6.08 Å². The molecule has 0 N–H and O–H groups in total. The van der Waals surface area contributed by atoms with Crippen LogP contribution in [0.5, 0.6) is 0 Å². The third kappa shape index (κ3) is 3.17. The van der Waals surface area contributed by atoms with Gasteiger partial charge in [-0.2, -0.15) is 4.40 Å². The van der Waals surface area contributed by atoms with Crippen molar-refractivity contribution in [2.45, 2.75) is 0 Å². The Morgan fingerprint density at radius 2 is 2.43 bits per heavy atom. The summed E-state index contributed by atoms with van der Waals surface area (Å²) in [5.74, 6) is 0. The van der Waals surface area contributed by atoms with Gasteiger partial charge >= 0.3 is 29.6 Å². The molecule has 1 aliphatic rings. The Hall–Kier alpha value is 0.560. The molecule has 2 nitrogen and oxygen atoms in total. The number of hydrogen-bond donors (Lipinski definition) is 0. The predicted molar refractivity (Wildman–Crippen MR) is 33.5 cm³/mol. The van der Waals surface area contributed by atoms with Crippen LogP contribution in [0, 0.1) is 0 Å². The molecule has 0 bridgehead atoms. The monoisotopic (exact) mass is 125 g/mol. The third-order valence-electron chi connectivity index (χ3n) is 0.367. The van der Waals surface area contributed by atoms with E-state index in [0.717, 1.165) is 12.2 Å². The zero-order valence-electron chi connectivity index (χ0n) is 3.00. The van der Waals surface area contributed by atoms with Gasteiger partial charge in [-0.15, -0.1) is 0 Å². The van der Waals surface area contributed by atoms with Gasteiger partial charge in [-0.1, -0.05) is 0 Å². The molecule has 0 aromatic carbocycles.